The number of benzene rings is 2. The van der Waals surface area contributed by atoms with E-state index in [9.17, 15) is 4.79 Å². The zero-order chi connectivity index (χ0) is 15.4. The summed E-state index contributed by atoms with van der Waals surface area (Å²) >= 11 is 0. The first kappa shape index (κ1) is 14.1. The van der Waals surface area contributed by atoms with Crippen molar-refractivity contribution in [3.8, 4) is 5.75 Å². The second-order valence-corrected chi connectivity index (χ2v) is 4.81. The number of ether oxygens (including phenoxy) is 1. The summed E-state index contributed by atoms with van der Waals surface area (Å²) in [5, 5.41) is 0. The van der Waals surface area contributed by atoms with E-state index in [1.54, 1.807) is 6.08 Å². The molecule has 1 heterocycles. The van der Waals surface area contributed by atoms with Crippen LogP contribution in [-0.2, 0) is 0 Å². The maximum Gasteiger partial charge on any atom is 0.274 e. The number of fused-ring (bicyclic) bond motifs is 1. The van der Waals surface area contributed by atoms with Crippen LogP contribution in [0.3, 0.4) is 0 Å². The summed E-state index contributed by atoms with van der Waals surface area (Å²) in [5.41, 5.74) is 2.66. The molecule has 0 spiro atoms. The molecule has 110 valence electrons. The summed E-state index contributed by atoms with van der Waals surface area (Å²) in [7, 11) is 0. The van der Waals surface area contributed by atoms with Crippen molar-refractivity contribution in [3.05, 3.63) is 70.1 Å². The van der Waals surface area contributed by atoms with Gasteiger partial charge in [-0.25, -0.2) is 4.98 Å². The third kappa shape index (κ3) is 3.06. The summed E-state index contributed by atoms with van der Waals surface area (Å²) in [6.45, 7) is 2.57. The van der Waals surface area contributed by atoms with Crippen molar-refractivity contribution < 1.29 is 4.74 Å². The molecule has 0 radical (unpaired) electrons. The lowest BCUT2D eigenvalue weighted by Crippen LogP contribution is -2.11. The number of aromatic amines is 1. The Morgan fingerprint density at radius 1 is 1.14 bits per heavy atom. The van der Waals surface area contributed by atoms with Crippen LogP contribution in [0.2, 0.25) is 0 Å². The average molecular weight is 292 g/mol. The first-order valence-electron chi connectivity index (χ1n) is 7.16. The van der Waals surface area contributed by atoms with Crippen LogP contribution in [0.15, 0.2) is 53.3 Å². The topological polar surface area (TPSA) is 55.0 Å². The molecular formula is C18H16N2O2. The molecule has 0 aliphatic heterocycles. The van der Waals surface area contributed by atoms with Gasteiger partial charge in [-0.15, -0.1) is 0 Å². The molecule has 0 saturated heterocycles. The van der Waals surface area contributed by atoms with E-state index in [0.29, 0.717) is 12.3 Å². The highest BCUT2D eigenvalue weighted by atomic mass is 16.5. The fraction of sp³-hybridized carbons (Fsp3) is 0.111. The molecule has 0 aliphatic rings. The van der Waals surface area contributed by atoms with Crippen LogP contribution < -0.4 is 10.3 Å². The second-order valence-electron chi connectivity index (χ2n) is 4.81. The highest BCUT2D eigenvalue weighted by Crippen LogP contribution is 2.15. The monoisotopic (exact) mass is 292 g/mol. The van der Waals surface area contributed by atoms with Crippen molar-refractivity contribution in [3.63, 3.8) is 0 Å². The van der Waals surface area contributed by atoms with Gasteiger partial charge < -0.3 is 9.72 Å². The number of H-pyrrole nitrogens is 1. The summed E-state index contributed by atoms with van der Waals surface area (Å²) in [6.07, 6.45) is 3.57. The van der Waals surface area contributed by atoms with Gasteiger partial charge in [-0.05, 0) is 42.8 Å². The van der Waals surface area contributed by atoms with Crippen LogP contribution in [0.25, 0.3) is 23.2 Å². The van der Waals surface area contributed by atoms with Crippen molar-refractivity contribution in [2.75, 3.05) is 6.61 Å². The molecule has 4 heteroatoms. The van der Waals surface area contributed by atoms with Gasteiger partial charge in [0.2, 0.25) is 0 Å². The number of hydrogen-bond acceptors (Lipinski definition) is 3. The maximum absolute atomic E-state index is 12.0. The highest BCUT2D eigenvalue weighted by Gasteiger charge is 2.01. The van der Waals surface area contributed by atoms with E-state index in [4.69, 9.17) is 4.74 Å². The summed E-state index contributed by atoms with van der Waals surface area (Å²) in [4.78, 5) is 19.2. The number of aromatic nitrogens is 2. The second kappa shape index (κ2) is 6.26. The van der Waals surface area contributed by atoms with E-state index in [1.165, 1.54) is 0 Å². The van der Waals surface area contributed by atoms with Gasteiger partial charge in [0, 0.05) is 0 Å². The van der Waals surface area contributed by atoms with Crippen LogP contribution in [0.4, 0.5) is 0 Å². The standard InChI is InChI=1S/C18H16N2O2/c1-2-22-14-7-5-6-13(12-14)10-11-17-18(21)20-16-9-4-3-8-15(16)19-17/h3-12H,2H2,1H3,(H,20,21). The SMILES string of the molecule is CCOc1cccc(C=Cc2nc3ccccc3[nH]c2=O)c1. The zero-order valence-corrected chi connectivity index (χ0v) is 12.2. The van der Waals surface area contributed by atoms with Crippen molar-refractivity contribution in [2.45, 2.75) is 6.92 Å². The van der Waals surface area contributed by atoms with Crippen LogP contribution in [0.1, 0.15) is 18.2 Å². The first-order valence-corrected chi connectivity index (χ1v) is 7.16. The fourth-order valence-corrected chi connectivity index (χ4v) is 2.21. The Kier molecular flexibility index (Phi) is 4.01. The van der Waals surface area contributed by atoms with Crippen molar-refractivity contribution in [1.29, 1.82) is 0 Å². The Hall–Kier alpha value is -2.88. The number of rotatable bonds is 4. The quantitative estimate of drug-likeness (QED) is 0.800. The van der Waals surface area contributed by atoms with E-state index >= 15 is 0 Å². The van der Waals surface area contributed by atoms with E-state index in [-0.39, 0.29) is 5.56 Å². The first-order chi connectivity index (χ1) is 10.8. The number of para-hydroxylation sites is 2. The molecule has 22 heavy (non-hydrogen) atoms. The minimum Gasteiger partial charge on any atom is -0.494 e. The predicted octanol–water partition coefficient (Wildman–Crippen LogP) is 3.49. The van der Waals surface area contributed by atoms with Gasteiger partial charge in [-0.2, -0.15) is 0 Å². The molecule has 0 unspecified atom stereocenters. The van der Waals surface area contributed by atoms with Gasteiger partial charge in [0.05, 0.1) is 17.6 Å². The van der Waals surface area contributed by atoms with Gasteiger partial charge in [0.25, 0.3) is 5.56 Å². The van der Waals surface area contributed by atoms with E-state index < -0.39 is 0 Å². The summed E-state index contributed by atoms with van der Waals surface area (Å²) in [6, 6.07) is 15.2. The Bertz CT molecular complexity index is 881. The molecule has 0 amide bonds. The van der Waals surface area contributed by atoms with Gasteiger partial charge in [-0.3, -0.25) is 4.79 Å². The Balaban J connectivity index is 1.93. The molecular weight excluding hydrogens is 276 g/mol. The minimum atomic E-state index is -0.198. The molecule has 0 saturated carbocycles. The molecule has 1 aromatic heterocycles. The number of hydrogen-bond donors (Lipinski definition) is 1. The zero-order valence-electron chi connectivity index (χ0n) is 12.2. The lowest BCUT2D eigenvalue weighted by atomic mass is 10.2. The van der Waals surface area contributed by atoms with E-state index in [2.05, 4.69) is 9.97 Å². The molecule has 0 atom stereocenters. The summed E-state index contributed by atoms with van der Waals surface area (Å²) < 4.78 is 5.46. The highest BCUT2D eigenvalue weighted by molar-refractivity contribution is 5.76. The lowest BCUT2D eigenvalue weighted by Gasteiger charge is -2.03. The minimum absolute atomic E-state index is 0.198. The molecule has 4 nitrogen and oxygen atoms in total. The Morgan fingerprint density at radius 2 is 2.00 bits per heavy atom. The molecule has 3 rings (SSSR count). The van der Waals surface area contributed by atoms with E-state index in [0.717, 1.165) is 22.3 Å². The predicted molar refractivity (Wildman–Crippen MR) is 88.9 cm³/mol. The largest absolute Gasteiger partial charge is 0.494 e. The molecule has 3 aromatic rings. The average Bonchev–Trinajstić information content (AvgIpc) is 2.53. The van der Waals surface area contributed by atoms with Crippen molar-refractivity contribution in [2.24, 2.45) is 0 Å². The molecule has 2 aromatic carbocycles. The third-order valence-electron chi connectivity index (χ3n) is 3.23. The lowest BCUT2D eigenvalue weighted by molar-refractivity contribution is 0.340. The molecule has 1 N–H and O–H groups in total. The molecule has 0 bridgehead atoms. The van der Waals surface area contributed by atoms with Gasteiger partial charge in [-0.1, -0.05) is 30.3 Å². The molecule has 0 fully saturated rings. The van der Waals surface area contributed by atoms with Gasteiger partial charge in [0.15, 0.2) is 0 Å². The Labute approximate surface area is 128 Å². The van der Waals surface area contributed by atoms with E-state index in [1.807, 2.05) is 61.5 Å². The van der Waals surface area contributed by atoms with Crippen LogP contribution in [0.5, 0.6) is 5.75 Å². The normalized spacial score (nSPS) is 11.1. The Morgan fingerprint density at radius 3 is 2.86 bits per heavy atom. The molecule has 0 aliphatic carbocycles. The number of nitrogens with one attached hydrogen (secondary N) is 1. The van der Waals surface area contributed by atoms with Crippen LogP contribution in [-0.4, -0.2) is 16.6 Å². The smallest absolute Gasteiger partial charge is 0.274 e. The summed E-state index contributed by atoms with van der Waals surface area (Å²) in [5.74, 6) is 0.810. The fourth-order valence-electron chi connectivity index (χ4n) is 2.21. The van der Waals surface area contributed by atoms with Crippen molar-refractivity contribution >= 4 is 23.2 Å². The van der Waals surface area contributed by atoms with Gasteiger partial charge in [0.1, 0.15) is 11.4 Å². The third-order valence-corrected chi connectivity index (χ3v) is 3.23. The van der Waals surface area contributed by atoms with Crippen molar-refractivity contribution in [1.82, 2.24) is 9.97 Å². The maximum atomic E-state index is 12.0. The van der Waals surface area contributed by atoms with Crippen LogP contribution in [0, 0.1) is 0 Å². The number of nitrogens with zero attached hydrogens (tertiary/aromatic N) is 1. The van der Waals surface area contributed by atoms with Gasteiger partial charge >= 0.3 is 0 Å². The van der Waals surface area contributed by atoms with Crippen LogP contribution >= 0.6 is 0 Å².